The summed E-state index contributed by atoms with van der Waals surface area (Å²) in [5.74, 6) is 1.37. The molecule has 152 valence electrons. The van der Waals surface area contributed by atoms with Gasteiger partial charge in [-0.05, 0) is 61.4 Å². The molecule has 0 bridgehead atoms. The van der Waals surface area contributed by atoms with Crippen LogP contribution in [0.1, 0.15) is 32.1 Å². The highest BCUT2D eigenvalue weighted by Gasteiger charge is 2.10. The van der Waals surface area contributed by atoms with Crippen molar-refractivity contribution in [1.82, 2.24) is 15.6 Å². The predicted octanol–water partition coefficient (Wildman–Crippen LogP) is 4.89. The number of rotatable bonds is 10. The number of benzene rings is 2. The van der Waals surface area contributed by atoms with Gasteiger partial charge < -0.3 is 9.26 Å². The van der Waals surface area contributed by atoms with Gasteiger partial charge in [-0.2, -0.15) is 4.98 Å². The first kappa shape index (κ1) is 20.8. The fourth-order valence-corrected chi connectivity index (χ4v) is 2.86. The van der Waals surface area contributed by atoms with Crippen LogP contribution in [0.3, 0.4) is 0 Å². The second-order valence-electron chi connectivity index (χ2n) is 6.50. The summed E-state index contributed by atoms with van der Waals surface area (Å²) in [6.07, 6.45) is 3.88. The highest BCUT2D eigenvalue weighted by molar-refractivity contribution is 6.30. The SMILES string of the molecule is O=C(CCCCCCOc1ccc(-c2nc(-c3ccc(Cl)cc3)no2)cc1)NO. The molecule has 0 radical (unpaired) electrons. The Hall–Kier alpha value is -2.90. The van der Waals surface area contributed by atoms with Crippen LogP contribution in [0.15, 0.2) is 53.1 Å². The highest BCUT2D eigenvalue weighted by Crippen LogP contribution is 2.25. The molecule has 1 heterocycles. The van der Waals surface area contributed by atoms with Crippen LogP contribution >= 0.6 is 11.6 Å². The summed E-state index contributed by atoms with van der Waals surface area (Å²) in [6.45, 7) is 0.604. The number of unbranched alkanes of at least 4 members (excludes halogenated alkanes) is 3. The Bertz CT molecular complexity index is 910. The maximum absolute atomic E-state index is 10.9. The zero-order valence-electron chi connectivity index (χ0n) is 15.8. The van der Waals surface area contributed by atoms with Gasteiger partial charge in [0.2, 0.25) is 11.7 Å². The second-order valence-corrected chi connectivity index (χ2v) is 6.94. The van der Waals surface area contributed by atoms with Crippen molar-refractivity contribution in [3.8, 4) is 28.6 Å². The van der Waals surface area contributed by atoms with E-state index in [1.807, 2.05) is 36.4 Å². The maximum atomic E-state index is 10.9. The Labute approximate surface area is 173 Å². The molecule has 0 aliphatic carbocycles. The first-order valence-electron chi connectivity index (χ1n) is 9.41. The van der Waals surface area contributed by atoms with Gasteiger partial charge in [0.15, 0.2) is 0 Å². The van der Waals surface area contributed by atoms with E-state index in [-0.39, 0.29) is 5.91 Å². The molecule has 8 heteroatoms. The largest absolute Gasteiger partial charge is 0.494 e. The molecule has 0 saturated carbocycles. The summed E-state index contributed by atoms with van der Waals surface area (Å²) < 4.78 is 11.1. The van der Waals surface area contributed by atoms with Gasteiger partial charge in [-0.3, -0.25) is 10.0 Å². The van der Waals surface area contributed by atoms with E-state index in [1.54, 1.807) is 17.6 Å². The molecule has 1 aromatic heterocycles. The quantitative estimate of drug-likeness (QED) is 0.278. The molecule has 3 rings (SSSR count). The van der Waals surface area contributed by atoms with Crippen molar-refractivity contribution in [2.75, 3.05) is 6.61 Å². The van der Waals surface area contributed by atoms with Crippen LogP contribution in [0.5, 0.6) is 5.75 Å². The number of ether oxygens (including phenoxy) is 1. The first-order chi connectivity index (χ1) is 14.2. The summed E-state index contributed by atoms with van der Waals surface area (Å²) in [4.78, 5) is 15.3. The molecule has 2 N–H and O–H groups in total. The van der Waals surface area contributed by atoms with Crippen molar-refractivity contribution in [3.63, 3.8) is 0 Å². The molecule has 3 aromatic rings. The van der Waals surface area contributed by atoms with Crippen molar-refractivity contribution >= 4 is 17.5 Å². The maximum Gasteiger partial charge on any atom is 0.258 e. The fraction of sp³-hybridized carbons (Fsp3) is 0.286. The van der Waals surface area contributed by atoms with Crippen LogP contribution in [-0.4, -0.2) is 27.9 Å². The summed E-state index contributed by atoms with van der Waals surface area (Å²) >= 11 is 5.90. The third kappa shape index (κ3) is 6.30. The van der Waals surface area contributed by atoms with Crippen LogP contribution in [0.2, 0.25) is 5.02 Å². The summed E-state index contributed by atoms with van der Waals surface area (Å²) in [5, 5.41) is 13.1. The summed E-state index contributed by atoms with van der Waals surface area (Å²) in [5.41, 5.74) is 3.28. The van der Waals surface area contributed by atoms with E-state index in [0.717, 1.165) is 42.6 Å². The molecule has 29 heavy (non-hydrogen) atoms. The van der Waals surface area contributed by atoms with Crippen LogP contribution in [0.25, 0.3) is 22.8 Å². The van der Waals surface area contributed by atoms with Crippen molar-refractivity contribution in [1.29, 1.82) is 0 Å². The van der Waals surface area contributed by atoms with E-state index in [9.17, 15) is 4.79 Å². The number of halogens is 1. The van der Waals surface area contributed by atoms with Crippen molar-refractivity contribution in [2.45, 2.75) is 32.1 Å². The number of aromatic nitrogens is 2. The van der Waals surface area contributed by atoms with Crippen LogP contribution < -0.4 is 10.2 Å². The van der Waals surface area contributed by atoms with E-state index < -0.39 is 0 Å². The molecule has 0 atom stereocenters. The zero-order valence-corrected chi connectivity index (χ0v) is 16.6. The molecular weight excluding hydrogens is 394 g/mol. The fourth-order valence-electron chi connectivity index (χ4n) is 2.74. The minimum absolute atomic E-state index is 0.341. The second kappa shape index (κ2) is 10.6. The average Bonchev–Trinajstić information content (AvgIpc) is 3.24. The number of hydroxylamine groups is 1. The van der Waals surface area contributed by atoms with Gasteiger partial charge in [0.25, 0.3) is 5.89 Å². The lowest BCUT2D eigenvalue weighted by molar-refractivity contribution is -0.129. The smallest absolute Gasteiger partial charge is 0.258 e. The van der Waals surface area contributed by atoms with E-state index in [1.165, 1.54) is 0 Å². The summed E-state index contributed by atoms with van der Waals surface area (Å²) in [7, 11) is 0. The number of nitrogens with zero attached hydrogens (tertiary/aromatic N) is 2. The summed E-state index contributed by atoms with van der Waals surface area (Å²) in [6, 6.07) is 14.7. The Morgan fingerprint density at radius 3 is 2.41 bits per heavy atom. The number of carbonyl (C=O) groups excluding carboxylic acids is 1. The van der Waals surface area contributed by atoms with Gasteiger partial charge in [0.1, 0.15) is 5.75 Å². The molecule has 0 saturated heterocycles. The predicted molar refractivity (Wildman–Crippen MR) is 109 cm³/mol. The lowest BCUT2D eigenvalue weighted by atomic mass is 10.1. The van der Waals surface area contributed by atoms with Crippen molar-refractivity contribution < 1.29 is 19.3 Å². The lowest BCUT2D eigenvalue weighted by Crippen LogP contribution is -2.17. The minimum atomic E-state index is -0.345. The molecular formula is C21H22ClN3O4. The van der Waals surface area contributed by atoms with Gasteiger partial charge in [-0.25, -0.2) is 5.48 Å². The molecule has 0 fully saturated rings. The van der Waals surface area contributed by atoms with Gasteiger partial charge in [0, 0.05) is 22.6 Å². The minimum Gasteiger partial charge on any atom is -0.494 e. The van der Waals surface area contributed by atoms with Crippen molar-refractivity contribution in [3.05, 3.63) is 53.6 Å². The topological polar surface area (TPSA) is 97.5 Å². The highest BCUT2D eigenvalue weighted by atomic mass is 35.5. The molecule has 7 nitrogen and oxygen atoms in total. The zero-order chi connectivity index (χ0) is 20.5. The molecule has 0 aliphatic heterocycles. The third-order valence-corrected chi connectivity index (χ3v) is 4.57. The molecule has 2 aromatic carbocycles. The van der Waals surface area contributed by atoms with Crippen molar-refractivity contribution in [2.24, 2.45) is 0 Å². The third-order valence-electron chi connectivity index (χ3n) is 4.32. The Kier molecular flexibility index (Phi) is 7.61. The van der Waals surface area contributed by atoms with Gasteiger partial charge >= 0.3 is 0 Å². The molecule has 1 amide bonds. The monoisotopic (exact) mass is 415 g/mol. The van der Waals surface area contributed by atoms with E-state index in [4.69, 9.17) is 26.1 Å². The van der Waals surface area contributed by atoms with Crippen LogP contribution in [0, 0.1) is 0 Å². The van der Waals surface area contributed by atoms with Gasteiger partial charge in [-0.15, -0.1) is 0 Å². The average molecular weight is 416 g/mol. The van der Waals surface area contributed by atoms with Gasteiger partial charge in [-0.1, -0.05) is 29.6 Å². The Balaban J connectivity index is 1.44. The molecule has 0 aliphatic rings. The number of carbonyl (C=O) groups is 1. The number of hydrogen-bond donors (Lipinski definition) is 2. The lowest BCUT2D eigenvalue weighted by Gasteiger charge is -2.06. The standard InChI is InChI=1S/C21H22ClN3O4/c22-17-10-6-15(7-11-17)20-23-21(29-25-20)16-8-12-18(13-9-16)28-14-4-2-1-3-5-19(26)24-27/h6-13,27H,1-5,14H2,(H,24,26). The number of amides is 1. The van der Waals surface area contributed by atoms with E-state index >= 15 is 0 Å². The van der Waals surface area contributed by atoms with Gasteiger partial charge in [0.05, 0.1) is 6.61 Å². The first-order valence-corrected chi connectivity index (χ1v) is 9.79. The van der Waals surface area contributed by atoms with E-state index in [0.29, 0.717) is 29.8 Å². The van der Waals surface area contributed by atoms with Crippen LogP contribution in [0.4, 0.5) is 0 Å². The van der Waals surface area contributed by atoms with Crippen LogP contribution in [-0.2, 0) is 4.79 Å². The number of nitrogens with one attached hydrogen (secondary N) is 1. The number of hydrogen-bond acceptors (Lipinski definition) is 6. The Morgan fingerprint density at radius 2 is 1.69 bits per heavy atom. The molecule has 0 unspecified atom stereocenters. The normalized spacial score (nSPS) is 10.7. The molecule has 0 spiro atoms. The Morgan fingerprint density at radius 1 is 1.00 bits per heavy atom. The van der Waals surface area contributed by atoms with E-state index in [2.05, 4.69) is 10.1 Å².